The maximum atomic E-state index is 13.0. The minimum absolute atomic E-state index is 0.0485. The summed E-state index contributed by atoms with van der Waals surface area (Å²) in [6, 6.07) is 3.01. The first-order valence-electron chi connectivity index (χ1n) is 6.94. The number of fused-ring (bicyclic) bond motifs is 1. The van der Waals surface area contributed by atoms with Crippen LogP contribution >= 0.6 is 11.3 Å². The van der Waals surface area contributed by atoms with Gasteiger partial charge in [-0.2, -0.15) is 0 Å². The normalized spacial score (nSPS) is 10.8. The Labute approximate surface area is 139 Å². The molecule has 24 heavy (non-hydrogen) atoms. The Morgan fingerprint density at radius 1 is 1.21 bits per heavy atom. The van der Waals surface area contributed by atoms with Crippen LogP contribution in [0.5, 0.6) is 0 Å². The molecule has 0 spiro atoms. The molecular formula is C15H12F2N4O2S. The fourth-order valence-electron chi connectivity index (χ4n) is 2.05. The molecule has 6 nitrogen and oxygen atoms in total. The summed E-state index contributed by atoms with van der Waals surface area (Å²) in [5, 5.41) is 6.70. The van der Waals surface area contributed by atoms with Gasteiger partial charge in [0.25, 0.3) is 0 Å². The molecule has 0 saturated heterocycles. The van der Waals surface area contributed by atoms with Crippen molar-refractivity contribution >= 4 is 33.8 Å². The van der Waals surface area contributed by atoms with Gasteiger partial charge in [-0.15, -0.1) is 11.3 Å². The second-order valence-corrected chi connectivity index (χ2v) is 5.83. The zero-order chi connectivity index (χ0) is 17.1. The number of amides is 2. The van der Waals surface area contributed by atoms with Crippen LogP contribution in [0.15, 0.2) is 36.0 Å². The molecule has 2 amide bonds. The van der Waals surface area contributed by atoms with Crippen LogP contribution in [0.25, 0.3) is 4.96 Å². The number of hydrogen-bond donors (Lipinski definition) is 2. The standard InChI is InChI=1S/C15H12F2N4O2S/c16-11-2-1-9(5-12(11)17)19-14(23)7-18-13(22)6-10-8-21-3-4-24-15(21)20-10/h1-5,8H,6-7H2,(H,18,22)(H,19,23). The molecule has 0 aliphatic heterocycles. The van der Waals surface area contributed by atoms with Crippen molar-refractivity contribution in [2.24, 2.45) is 0 Å². The van der Waals surface area contributed by atoms with Crippen LogP contribution in [0.1, 0.15) is 5.69 Å². The average Bonchev–Trinajstić information content (AvgIpc) is 3.10. The predicted molar refractivity (Wildman–Crippen MR) is 84.8 cm³/mol. The Hall–Kier alpha value is -2.81. The highest BCUT2D eigenvalue weighted by atomic mass is 32.1. The molecule has 2 aromatic heterocycles. The van der Waals surface area contributed by atoms with Crippen molar-refractivity contribution in [2.75, 3.05) is 11.9 Å². The van der Waals surface area contributed by atoms with Gasteiger partial charge in [-0.05, 0) is 12.1 Å². The quantitative estimate of drug-likeness (QED) is 0.739. The number of imidazole rings is 1. The lowest BCUT2D eigenvalue weighted by molar-refractivity contribution is -0.123. The number of rotatable bonds is 5. The number of anilines is 1. The monoisotopic (exact) mass is 350 g/mol. The Bertz CT molecular complexity index is 877. The number of carbonyl (C=O) groups excluding carboxylic acids is 2. The first kappa shape index (κ1) is 16.1. The molecule has 3 rings (SSSR count). The van der Waals surface area contributed by atoms with Crippen LogP contribution in [0.2, 0.25) is 0 Å². The Kier molecular flexibility index (Phi) is 4.52. The number of benzene rings is 1. The predicted octanol–water partition coefficient (Wildman–Crippen LogP) is 1.97. The van der Waals surface area contributed by atoms with Crippen LogP contribution in [0.4, 0.5) is 14.5 Å². The summed E-state index contributed by atoms with van der Waals surface area (Å²) >= 11 is 1.46. The van der Waals surface area contributed by atoms with Crippen molar-refractivity contribution in [3.8, 4) is 0 Å². The van der Waals surface area contributed by atoms with Gasteiger partial charge in [0.1, 0.15) is 0 Å². The molecule has 2 heterocycles. The number of aromatic nitrogens is 2. The van der Waals surface area contributed by atoms with Crippen molar-refractivity contribution in [3.05, 3.63) is 53.3 Å². The molecule has 0 fully saturated rings. The van der Waals surface area contributed by atoms with Crippen LogP contribution in [-0.4, -0.2) is 27.7 Å². The summed E-state index contributed by atoms with van der Waals surface area (Å²) in [7, 11) is 0. The molecular weight excluding hydrogens is 338 g/mol. The molecule has 1 aromatic carbocycles. The maximum Gasteiger partial charge on any atom is 0.243 e. The zero-order valence-corrected chi connectivity index (χ0v) is 13.1. The molecule has 0 saturated carbocycles. The first-order chi connectivity index (χ1) is 11.5. The minimum Gasteiger partial charge on any atom is -0.347 e. The molecule has 3 aromatic rings. The molecule has 9 heteroatoms. The van der Waals surface area contributed by atoms with E-state index in [-0.39, 0.29) is 24.6 Å². The maximum absolute atomic E-state index is 13.0. The van der Waals surface area contributed by atoms with Crippen LogP contribution in [-0.2, 0) is 16.0 Å². The van der Waals surface area contributed by atoms with Crippen molar-refractivity contribution in [1.82, 2.24) is 14.7 Å². The van der Waals surface area contributed by atoms with Crippen molar-refractivity contribution in [2.45, 2.75) is 6.42 Å². The van der Waals surface area contributed by atoms with Gasteiger partial charge in [0.15, 0.2) is 16.6 Å². The van der Waals surface area contributed by atoms with Gasteiger partial charge in [0, 0.05) is 29.5 Å². The Morgan fingerprint density at radius 3 is 2.79 bits per heavy atom. The van der Waals surface area contributed by atoms with E-state index in [1.54, 1.807) is 6.20 Å². The smallest absolute Gasteiger partial charge is 0.243 e. The van der Waals surface area contributed by atoms with Crippen LogP contribution in [0.3, 0.4) is 0 Å². The van der Waals surface area contributed by atoms with Gasteiger partial charge in [0.2, 0.25) is 11.8 Å². The fraction of sp³-hybridized carbons (Fsp3) is 0.133. The summed E-state index contributed by atoms with van der Waals surface area (Å²) < 4.78 is 27.7. The highest BCUT2D eigenvalue weighted by molar-refractivity contribution is 7.15. The number of hydrogen-bond acceptors (Lipinski definition) is 4. The lowest BCUT2D eigenvalue weighted by Gasteiger charge is -2.06. The van der Waals surface area contributed by atoms with E-state index in [0.29, 0.717) is 5.69 Å². The van der Waals surface area contributed by atoms with E-state index in [2.05, 4.69) is 15.6 Å². The van der Waals surface area contributed by atoms with E-state index in [4.69, 9.17) is 0 Å². The summed E-state index contributed by atoms with van der Waals surface area (Å²) in [4.78, 5) is 28.6. The van der Waals surface area contributed by atoms with E-state index < -0.39 is 17.5 Å². The molecule has 0 aliphatic carbocycles. The summed E-state index contributed by atoms with van der Waals surface area (Å²) in [6.07, 6.45) is 3.63. The fourth-order valence-corrected chi connectivity index (χ4v) is 2.77. The van der Waals surface area contributed by atoms with E-state index >= 15 is 0 Å². The van der Waals surface area contributed by atoms with Gasteiger partial charge < -0.3 is 10.6 Å². The molecule has 0 aliphatic rings. The summed E-state index contributed by atoms with van der Waals surface area (Å²) in [6.45, 7) is -0.278. The van der Waals surface area contributed by atoms with Gasteiger partial charge in [0.05, 0.1) is 18.7 Å². The molecule has 124 valence electrons. The lowest BCUT2D eigenvalue weighted by Crippen LogP contribution is -2.33. The molecule has 0 unspecified atom stereocenters. The molecule has 0 bridgehead atoms. The number of nitrogens with zero attached hydrogens (tertiary/aromatic N) is 2. The van der Waals surface area contributed by atoms with Crippen molar-refractivity contribution in [1.29, 1.82) is 0 Å². The van der Waals surface area contributed by atoms with Gasteiger partial charge in [-0.25, -0.2) is 13.8 Å². The minimum atomic E-state index is -1.06. The van der Waals surface area contributed by atoms with Crippen molar-refractivity contribution in [3.63, 3.8) is 0 Å². The third kappa shape index (κ3) is 3.74. The van der Waals surface area contributed by atoms with Crippen LogP contribution in [0, 0.1) is 11.6 Å². The Morgan fingerprint density at radius 2 is 2.04 bits per heavy atom. The average molecular weight is 350 g/mol. The molecule has 2 N–H and O–H groups in total. The number of nitrogens with one attached hydrogen (secondary N) is 2. The second-order valence-electron chi connectivity index (χ2n) is 4.96. The van der Waals surface area contributed by atoms with E-state index in [0.717, 1.165) is 17.1 Å². The SMILES string of the molecule is O=C(Cc1cn2ccsc2n1)NCC(=O)Nc1ccc(F)c(F)c1. The van der Waals surface area contributed by atoms with Crippen molar-refractivity contribution < 1.29 is 18.4 Å². The van der Waals surface area contributed by atoms with Gasteiger partial charge >= 0.3 is 0 Å². The number of carbonyl (C=O) groups is 2. The van der Waals surface area contributed by atoms with Gasteiger partial charge in [-0.3, -0.25) is 14.0 Å². The topological polar surface area (TPSA) is 75.5 Å². The molecule has 0 radical (unpaired) electrons. The highest BCUT2D eigenvalue weighted by Gasteiger charge is 2.11. The third-order valence-corrected chi connectivity index (χ3v) is 3.91. The third-order valence-electron chi connectivity index (χ3n) is 3.13. The van der Waals surface area contributed by atoms with E-state index in [1.807, 2.05) is 16.0 Å². The largest absolute Gasteiger partial charge is 0.347 e. The first-order valence-corrected chi connectivity index (χ1v) is 7.82. The summed E-state index contributed by atoms with van der Waals surface area (Å²) in [5.74, 6) is -2.96. The lowest BCUT2D eigenvalue weighted by atomic mass is 10.3. The van der Waals surface area contributed by atoms with E-state index in [1.165, 1.54) is 17.4 Å². The molecule has 0 atom stereocenters. The highest BCUT2D eigenvalue weighted by Crippen LogP contribution is 2.13. The van der Waals surface area contributed by atoms with Crippen LogP contribution < -0.4 is 10.6 Å². The summed E-state index contributed by atoms with van der Waals surface area (Å²) in [5.41, 5.74) is 0.711. The Balaban J connectivity index is 1.49. The number of thiazole rings is 1. The van der Waals surface area contributed by atoms with Gasteiger partial charge in [-0.1, -0.05) is 0 Å². The second kappa shape index (κ2) is 6.75. The van der Waals surface area contributed by atoms with E-state index in [9.17, 15) is 18.4 Å². The zero-order valence-electron chi connectivity index (χ0n) is 12.3. The number of halogens is 2.